The van der Waals surface area contributed by atoms with Crippen LogP contribution >= 0.6 is 11.3 Å². The molecule has 0 saturated carbocycles. The zero-order chi connectivity index (χ0) is 45.1. The number of fused-ring (bicyclic) bond motifs is 3. The van der Waals surface area contributed by atoms with Gasteiger partial charge in [-0.25, -0.2) is 9.78 Å². The van der Waals surface area contributed by atoms with Crippen LogP contribution in [0.2, 0.25) is 0 Å². The van der Waals surface area contributed by atoms with Gasteiger partial charge in [0.15, 0.2) is 0 Å². The number of hydrogen-bond donors (Lipinski definition) is 6. The molecule has 1 fully saturated rings. The number of rotatable bonds is 17. The number of terminal acetylenes is 1. The summed E-state index contributed by atoms with van der Waals surface area (Å²) in [5, 5.41) is 23.6. The number of nitrogens with one attached hydrogen (secondary N) is 5. The van der Waals surface area contributed by atoms with Gasteiger partial charge in [0.05, 0.1) is 41.9 Å². The third-order valence-electron chi connectivity index (χ3n) is 10.6. The van der Waals surface area contributed by atoms with Crippen LogP contribution in [0, 0.1) is 17.8 Å². The fourth-order valence-electron chi connectivity index (χ4n) is 7.50. The van der Waals surface area contributed by atoms with Crippen molar-refractivity contribution in [2.45, 2.75) is 64.4 Å². The van der Waals surface area contributed by atoms with Crippen molar-refractivity contribution in [3.05, 3.63) is 101 Å². The first-order chi connectivity index (χ1) is 30.2. The van der Waals surface area contributed by atoms with Gasteiger partial charge in [-0.15, -0.1) is 17.8 Å². The molecular weight excluding hydrogens is 827 g/mol. The molecule has 1 aliphatic carbocycles. The molecule has 0 bridgehead atoms. The minimum atomic E-state index is -1.11. The third-order valence-corrected chi connectivity index (χ3v) is 11.6. The SMILES string of the molecule is C#CCNC(=O)COCc1ncsc1-c1ccc(CNC(=O)[C@@H]2C[C@@H](O)CN2C(=O)[C@@H](NC(=O)CNC(=O)CNC(=O)OCC2c3ccccc3-c3ccccc32)C(C)(C)C)cc1. The molecule has 16 nitrogen and oxygen atoms in total. The summed E-state index contributed by atoms with van der Waals surface area (Å²) in [5.41, 5.74) is 7.47. The lowest BCUT2D eigenvalue weighted by Crippen LogP contribution is -2.58. The average molecular weight is 878 g/mol. The average Bonchev–Trinajstić information content (AvgIpc) is 3.99. The van der Waals surface area contributed by atoms with Crippen LogP contribution in [0.15, 0.2) is 78.3 Å². The molecule has 6 N–H and O–H groups in total. The van der Waals surface area contributed by atoms with Crippen molar-refractivity contribution in [3.63, 3.8) is 0 Å². The summed E-state index contributed by atoms with van der Waals surface area (Å²) in [5.74, 6) is -0.477. The van der Waals surface area contributed by atoms with E-state index >= 15 is 0 Å². The predicted molar refractivity (Wildman–Crippen MR) is 234 cm³/mol. The number of benzene rings is 3. The van der Waals surface area contributed by atoms with E-state index in [9.17, 15) is 33.9 Å². The van der Waals surface area contributed by atoms with Gasteiger partial charge < -0.3 is 46.1 Å². The molecule has 0 spiro atoms. The number of thiazole rings is 1. The van der Waals surface area contributed by atoms with E-state index in [1.165, 1.54) is 16.2 Å². The monoisotopic (exact) mass is 877 g/mol. The van der Waals surface area contributed by atoms with E-state index in [-0.39, 0.29) is 57.7 Å². The molecule has 330 valence electrons. The lowest BCUT2D eigenvalue weighted by Gasteiger charge is -2.35. The highest BCUT2D eigenvalue weighted by atomic mass is 32.1. The Hall–Kier alpha value is -6.61. The standard InChI is InChI=1S/C46H51N7O9S/c1-5-18-47-40(57)26-61-25-36-41(63-27-51-36)29-16-14-28(15-17-29)20-49-43(58)37-19-30(54)23-53(37)44(59)42(46(2,3)4)52-39(56)22-48-38(55)21-50-45(60)62-24-35-33-12-8-6-10-31(33)32-11-7-9-13-34(32)35/h1,6-17,27,30,35,37,42,54H,18-26H2,2-4H3,(H,47,57)(H,48,55)(H,49,58)(H,50,60)(H,52,56)/t30-,37+,42-/m1/s1. The van der Waals surface area contributed by atoms with Crippen molar-refractivity contribution >= 4 is 47.0 Å². The summed E-state index contributed by atoms with van der Waals surface area (Å²) in [7, 11) is 0. The maximum Gasteiger partial charge on any atom is 0.407 e. The van der Waals surface area contributed by atoms with Gasteiger partial charge in [-0.3, -0.25) is 24.0 Å². The van der Waals surface area contributed by atoms with Gasteiger partial charge in [0, 0.05) is 25.4 Å². The lowest BCUT2D eigenvalue weighted by atomic mass is 9.85. The van der Waals surface area contributed by atoms with Crippen LogP contribution in [0.25, 0.3) is 21.6 Å². The topological polar surface area (TPSA) is 217 Å². The molecule has 0 unspecified atom stereocenters. The van der Waals surface area contributed by atoms with Gasteiger partial charge in [-0.05, 0) is 38.8 Å². The van der Waals surface area contributed by atoms with Gasteiger partial charge in [0.2, 0.25) is 29.5 Å². The summed E-state index contributed by atoms with van der Waals surface area (Å²) in [6.45, 7) is 4.53. The third kappa shape index (κ3) is 11.9. The molecule has 2 heterocycles. The summed E-state index contributed by atoms with van der Waals surface area (Å²) in [6.07, 6.45) is 3.42. The number of aliphatic hydroxyl groups is 1. The number of likely N-dealkylation sites (tertiary alicyclic amines) is 1. The van der Waals surface area contributed by atoms with E-state index in [4.69, 9.17) is 15.9 Å². The van der Waals surface area contributed by atoms with Gasteiger partial charge in [-0.1, -0.05) is 99.5 Å². The molecule has 63 heavy (non-hydrogen) atoms. The molecule has 6 amide bonds. The molecule has 3 aromatic carbocycles. The molecule has 1 saturated heterocycles. The maximum atomic E-state index is 14.0. The molecule has 1 aliphatic heterocycles. The van der Waals surface area contributed by atoms with Crippen LogP contribution in [0.4, 0.5) is 4.79 Å². The highest BCUT2D eigenvalue weighted by molar-refractivity contribution is 7.13. The second-order valence-corrected chi connectivity index (χ2v) is 17.1. The van der Waals surface area contributed by atoms with Crippen molar-refractivity contribution in [2.75, 3.05) is 39.4 Å². The first-order valence-electron chi connectivity index (χ1n) is 20.4. The predicted octanol–water partition coefficient (Wildman–Crippen LogP) is 2.84. The summed E-state index contributed by atoms with van der Waals surface area (Å²) in [6, 6.07) is 21.2. The first kappa shape index (κ1) is 45.9. The van der Waals surface area contributed by atoms with Crippen LogP contribution in [0.5, 0.6) is 0 Å². The highest BCUT2D eigenvalue weighted by Gasteiger charge is 2.44. The van der Waals surface area contributed by atoms with Gasteiger partial charge >= 0.3 is 6.09 Å². The van der Waals surface area contributed by atoms with Crippen LogP contribution < -0.4 is 26.6 Å². The van der Waals surface area contributed by atoms with E-state index in [0.29, 0.717) is 5.69 Å². The Kier molecular flexibility index (Phi) is 15.3. The number of carbonyl (C=O) groups is 6. The number of aromatic nitrogens is 1. The molecule has 17 heteroatoms. The first-order valence-corrected chi connectivity index (χ1v) is 21.3. The number of nitrogens with zero attached hydrogens (tertiary/aromatic N) is 2. The molecule has 0 radical (unpaired) electrons. The second-order valence-electron chi connectivity index (χ2n) is 16.2. The van der Waals surface area contributed by atoms with Crippen molar-refractivity contribution < 1.29 is 43.3 Å². The van der Waals surface area contributed by atoms with Crippen molar-refractivity contribution in [1.82, 2.24) is 36.5 Å². The number of hydrogen-bond acceptors (Lipinski definition) is 11. The summed E-state index contributed by atoms with van der Waals surface area (Å²) in [4.78, 5) is 84.1. The fraction of sp³-hybridized carbons (Fsp3) is 0.370. The van der Waals surface area contributed by atoms with Crippen molar-refractivity contribution in [1.29, 1.82) is 0 Å². The Morgan fingerprint density at radius 1 is 0.889 bits per heavy atom. The number of alkyl carbamates (subject to hydrolysis) is 1. The minimum Gasteiger partial charge on any atom is -0.449 e. The molecule has 1 aromatic heterocycles. The Labute approximate surface area is 369 Å². The Morgan fingerprint density at radius 3 is 2.22 bits per heavy atom. The van der Waals surface area contributed by atoms with E-state index in [1.54, 1.807) is 26.3 Å². The number of carbonyl (C=O) groups excluding carboxylic acids is 6. The molecule has 3 atom stereocenters. The Morgan fingerprint density at radius 2 is 1.56 bits per heavy atom. The fourth-order valence-corrected chi connectivity index (χ4v) is 8.31. The van der Waals surface area contributed by atoms with Crippen LogP contribution in [-0.2, 0) is 46.6 Å². The van der Waals surface area contributed by atoms with Crippen LogP contribution in [-0.4, -0.2) is 108 Å². The Bertz CT molecular complexity index is 2310. The van der Waals surface area contributed by atoms with E-state index in [1.807, 2.05) is 72.8 Å². The molecule has 4 aromatic rings. The number of ether oxygens (including phenoxy) is 2. The zero-order valence-electron chi connectivity index (χ0n) is 35.3. The number of aliphatic hydroxyl groups excluding tert-OH is 1. The quantitative estimate of drug-likeness (QED) is 0.0853. The minimum absolute atomic E-state index is 0.00977. The second kappa shape index (κ2) is 21.0. The maximum absolute atomic E-state index is 14.0. The Balaban J connectivity index is 0.953. The summed E-state index contributed by atoms with van der Waals surface area (Å²) < 4.78 is 11.0. The largest absolute Gasteiger partial charge is 0.449 e. The van der Waals surface area contributed by atoms with Crippen molar-refractivity contribution in [3.8, 4) is 33.9 Å². The normalized spacial score (nSPS) is 15.9. The van der Waals surface area contributed by atoms with Crippen molar-refractivity contribution in [2.24, 2.45) is 5.41 Å². The lowest BCUT2D eigenvalue weighted by molar-refractivity contribution is -0.144. The number of amides is 6. The van der Waals surface area contributed by atoms with Gasteiger partial charge in [0.25, 0.3) is 0 Å². The van der Waals surface area contributed by atoms with E-state index < -0.39 is 66.4 Å². The van der Waals surface area contributed by atoms with Gasteiger partial charge in [0.1, 0.15) is 31.8 Å². The van der Waals surface area contributed by atoms with Crippen LogP contribution in [0.3, 0.4) is 0 Å². The molecule has 2 aliphatic rings. The van der Waals surface area contributed by atoms with E-state index in [0.717, 1.165) is 38.3 Å². The highest BCUT2D eigenvalue weighted by Crippen LogP contribution is 2.44. The number of β-amino-alcohol motifs (C(OH)–C–C–N with tert-alkyl or cyclic N) is 1. The van der Waals surface area contributed by atoms with Gasteiger partial charge in [-0.2, -0.15) is 0 Å². The molecule has 6 rings (SSSR count). The van der Waals surface area contributed by atoms with Crippen LogP contribution in [0.1, 0.15) is 55.5 Å². The zero-order valence-corrected chi connectivity index (χ0v) is 36.1. The smallest absolute Gasteiger partial charge is 0.407 e. The summed E-state index contributed by atoms with van der Waals surface area (Å²) >= 11 is 1.42. The molecular formula is C46H51N7O9S. The van der Waals surface area contributed by atoms with E-state index in [2.05, 4.69) is 37.5 Å².